The van der Waals surface area contributed by atoms with Crippen LogP contribution in [0, 0.1) is 0 Å². The maximum absolute atomic E-state index is 5.30. The molecule has 0 aromatic carbocycles. The van der Waals surface area contributed by atoms with Crippen molar-refractivity contribution < 1.29 is 9.47 Å². The largest absolute Gasteiger partial charge is 0.355 e. The molecular formula is C7H15NO2. The van der Waals surface area contributed by atoms with Crippen LogP contribution in [0.2, 0.25) is 0 Å². The van der Waals surface area contributed by atoms with Gasteiger partial charge in [-0.1, -0.05) is 6.92 Å². The molecule has 1 fully saturated rings. The summed E-state index contributed by atoms with van der Waals surface area (Å²) < 4.78 is 10.3. The first kappa shape index (κ1) is 7.98. The summed E-state index contributed by atoms with van der Waals surface area (Å²) in [7, 11) is 0. The van der Waals surface area contributed by atoms with E-state index in [1.165, 1.54) is 0 Å². The van der Waals surface area contributed by atoms with Gasteiger partial charge in [0.05, 0.1) is 12.7 Å². The van der Waals surface area contributed by atoms with Gasteiger partial charge in [-0.25, -0.2) is 0 Å². The highest BCUT2D eigenvalue weighted by Crippen LogP contribution is 2.03. The number of rotatable bonds is 3. The lowest BCUT2D eigenvalue weighted by Gasteiger charge is -2.22. The van der Waals surface area contributed by atoms with E-state index in [2.05, 4.69) is 12.2 Å². The van der Waals surface area contributed by atoms with E-state index in [1.54, 1.807) is 0 Å². The summed E-state index contributed by atoms with van der Waals surface area (Å²) >= 11 is 0. The molecule has 0 amide bonds. The summed E-state index contributed by atoms with van der Waals surface area (Å²) in [6.07, 6.45) is 1.39. The number of likely N-dealkylation sites (N-methyl/N-ethyl adjacent to an activating group) is 1. The molecule has 0 aromatic heterocycles. The van der Waals surface area contributed by atoms with E-state index in [1.807, 2.05) is 0 Å². The number of hydrogen-bond acceptors (Lipinski definition) is 3. The Hall–Kier alpha value is -0.120. The minimum atomic E-state index is 0.369. The molecule has 60 valence electrons. The van der Waals surface area contributed by atoms with Crippen LogP contribution >= 0.6 is 0 Å². The van der Waals surface area contributed by atoms with Crippen LogP contribution in [-0.2, 0) is 9.47 Å². The standard InChI is InChI=1S/C7H15NO2/c1-2-8-5-7-3-4-9-6-10-7/h7-8H,2-6H2,1H3. The SMILES string of the molecule is CCNCC1CCOCO1. The Labute approximate surface area is 61.7 Å². The second-order valence-electron chi connectivity index (χ2n) is 2.41. The second kappa shape index (κ2) is 4.66. The van der Waals surface area contributed by atoms with E-state index < -0.39 is 0 Å². The first-order valence-corrected chi connectivity index (χ1v) is 3.83. The molecule has 0 bridgehead atoms. The minimum absolute atomic E-state index is 0.369. The zero-order chi connectivity index (χ0) is 7.23. The average molecular weight is 145 g/mol. The van der Waals surface area contributed by atoms with Crippen LogP contribution < -0.4 is 5.32 Å². The van der Waals surface area contributed by atoms with Crippen LogP contribution in [0.15, 0.2) is 0 Å². The molecule has 1 heterocycles. The van der Waals surface area contributed by atoms with Crippen LogP contribution in [0.3, 0.4) is 0 Å². The van der Waals surface area contributed by atoms with E-state index in [4.69, 9.17) is 9.47 Å². The van der Waals surface area contributed by atoms with Gasteiger partial charge >= 0.3 is 0 Å². The molecule has 3 nitrogen and oxygen atoms in total. The molecular weight excluding hydrogens is 130 g/mol. The Morgan fingerprint density at radius 2 is 2.50 bits per heavy atom. The van der Waals surface area contributed by atoms with Gasteiger partial charge in [0.1, 0.15) is 6.79 Å². The van der Waals surface area contributed by atoms with E-state index in [9.17, 15) is 0 Å². The van der Waals surface area contributed by atoms with Crippen molar-refractivity contribution in [2.75, 3.05) is 26.5 Å². The second-order valence-corrected chi connectivity index (χ2v) is 2.41. The third-order valence-corrected chi connectivity index (χ3v) is 1.59. The number of nitrogens with one attached hydrogen (secondary N) is 1. The maximum Gasteiger partial charge on any atom is 0.147 e. The molecule has 0 saturated carbocycles. The molecule has 0 spiro atoms. The summed E-state index contributed by atoms with van der Waals surface area (Å²) in [6.45, 7) is 5.38. The van der Waals surface area contributed by atoms with E-state index in [-0.39, 0.29) is 0 Å². The van der Waals surface area contributed by atoms with Crippen molar-refractivity contribution in [2.45, 2.75) is 19.4 Å². The van der Waals surface area contributed by atoms with Gasteiger partial charge in [0.25, 0.3) is 0 Å². The minimum Gasteiger partial charge on any atom is -0.355 e. The Morgan fingerprint density at radius 1 is 1.60 bits per heavy atom. The Morgan fingerprint density at radius 3 is 3.10 bits per heavy atom. The third kappa shape index (κ3) is 2.64. The first-order chi connectivity index (χ1) is 4.93. The van der Waals surface area contributed by atoms with Crippen LogP contribution in [0.1, 0.15) is 13.3 Å². The monoisotopic (exact) mass is 145 g/mol. The van der Waals surface area contributed by atoms with Crippen LogP contribution in [0.25, 0.3) is 0 Å². The van der Waals surface area contributed by atoms with Crippen molar-refractivity contribution in [3.63, 3.8) is 0 Å². The highest BCUT2D eigenvalue weighted by molar-refractivity contribution is 4.62. The van der Waals surface area contributed by atoms with Crippen LogP contribution in [-0.4, -0.2) is 32.6 Å². The highest BCUT2D eigenvalue weighted by atomic mass is 16.7. The fourth-order valence-electron chi connectivity index (χ4n) is 0.968. The summed E-state index contributed by atoms with van der Waals surface area (Å²) in [5.74, 6) is 0. The van der Waals surface area contributed by atoms with Gasteiger partial charge in [-0.2, -0.15) is 0 Å². The van der Waals surface area contributed by atoms with Gasteiger partial charge < -0.3 is 14.8 Å². The van der Waals surface area contributed by atoms with Crippen molar-refractivity contribution in [3.05, 3.63) is 0 Å². The zero-order valence-corrected chi connectivity index (χ0v) is 6.43. The predicted octanol–water partition coefficient (Wildman–Crippen LogP) is 0.359. The van der Waals surface area contributed by atoms with E-state index in [0.29, 0.717) is 12.9 Å². The smallest absolute Gasteiger partial charge is 0.147 e. The summed E-state index contributed by atoms with van der Waals surface area (Å²) in [5.41, 5.74) is 0. The van der Waals surface area contributed by atoms with Crippen molar-refractivity contribution >= 4 is 0 Å². The van der Waals surface area contributed by atoms with Gasteiger partial charge in [-0.05, 0) is 13.0 Å². The predicted molar refractivity (Wildman–Crippen MR) is 38.9 cm³/mol. The summed E-state index contributed by atoms with van der Waals surface area (Å²) in [6, 6.07) is 0. The van der Waals surface area contributed by atoms with Gasteiger partial charge in [-0.15, -0.1) is 0 Å². The van der Waals surface area contributed by atoms with Crippen molar-refractivity contribution in [2.24, 2.45) is 0 Å². The molecule has 1 saturated heterocycles. The number of hydrogen-bond donors (Lipinski definition) is 1. The molecule has 3 heteroatoms. The van der Waals surface area contributed by atoms with Crippen LogP contribution in [0.5, 0.6) is 0 Å². The molecule has 0 aliphatic carbocycles. The zero-order valence-electron chi connectivity index (χ0n) is 6.43. The topological polar surface area (TPSA) is 30.5 Å². The molecule has 10 heavy (non-hydrogen) atoms. The Kier molecular flexibility index (Phi) is 3.72. The first-order valence-electron chi connectivity index (χ1n) is 3.83. The van der Waals surface area contributed by atoms with E-state index >= 15 is 0 Å². The molecule has 1 rings (SSSR count). The molecule has 0 aromatic rings. The van der Waals surface area contributed by atoms with E-state index in [0.717, 1.165) is 26.1 Å². The maximum atomic E-state index is 5.30. The van der Waals surface area contributed by atoms with Crippen LogP contribution in [0.4, 0.5) is 0 Å². The Bertz CT molecular complexity index is 81.7. The van der Waals surface area contributed by atoms with Gasteiger partial charge in [0.2, 0.25) is 0 Å². The summed E-state index contributed by atoms with van der Waals surface area (Å²) in [4.78, 5) is 0. The molecule has 0 radical (unpaired) electrons. The van der Waals surface area contributed by atoms with Gasteiger partial charge in [-0.3, -0.25) is 0 Å². The average Bonchev–Trinajstić information content (AvgIpc) is 2.03. The molecule has 1 atom stereocenters. The fourth-order valence-corrected chi connectivity index (χ4v) is 0.968. The molecule has 1 aliphatic heterocycles. The number of ether oxygens (including phenoxy) is 2. The molecule has 1 aliphatic rings. The third-order valence-electron chi connectivity index (χ3n) is 1.59. The highest BCUT2D eigenvalue weighted by Gasteiger charge is 2.12. The molecule has 1 unspecified atom stereocenters. The van der Waals surface area contributed by atoms with Crippen molar-refractivity contribution in [1.29, 1.82) is 0 Å². The normalized spacial score (nSPS) is 26.7. The van der Waals surface area contributed by atoms with Gasteiger partial charge in [0.15, 0.2) is 0 Å². The Balaban J connectivity index is 2.02. The lowest BCUT2D eigenvalue weighted by molar-refractivity contribution is -0.137. The summed E-state index contributed by atoms with van der Waals surface area (Å²) in [5, 5.41) is 3.24. The van der Waals surface area contributed by atoms with Crippen molar-refractivity contribution in [1.82, 2.24) is 5.32 Å². The van der Waals surface area contributed by atoms with Crippen molar-refractivity contribution in [3.8, 4) is 0 Å². The van der Waals surface area contributed by atoms with Gasteiger partial charge in [0, 0.05) is 6.54 Å². The fraction of sp³-hybridized carbons (Fsp3) is 1.00. The molecule has 1 N–H and O–H groups in total. The lowest BCUT2D eigenvalue weighted by Crippen LogP contribution is -2.33. The quantitative estimate of drug-likeness (QED) is 0.622. The lowest BCUT2D eigenvalue weighted by atomic mass is 10.2.